The van der Waals surface area contributed by atoms with Gasteiger partial charge in [0.1, 0.15) is 0 Å². The van der Waals surface area contributed by atoms with Crippen molar-refractivity contribution in [3.63, 3.8) is 0 Å². The second-order valence-electron chi connectivity index (χ2n) is 10.7. The van der Waals surface area contributed by atoms with Crippen LogP contribution in [0.2, 0.25) is 0 Å². The average molecular weight is 426 g/mol. The first-order chi connectivity index (χ1) is 14.8. The smallest absolute Gasteiger partial charge is 0.227 e. The molecule has 1 aliphatic carbocycles. The number of rotatable bonds is 3. The predicted molar refractivity (Wildman–Crippen MR) is 124 cm³/mol. The monoisotopic (exact) mass is 425 g/mol. The SMILES string of the molecule is CC(C)(C)C(=O)N1CCC(N2CCC(C(=O)NC3CCCc4ccccc43)CC2)CC1. The molecule has 0 spiro atoms. The fraction of sp³-hybridized carbons (Fsp3) is 0.692. The van der Waals surface area contributed by atoms with Crippen molar-refractivity contribution in [2.45, 2.75) is 77.8 Å². The molecule has 5 nitrogen and oxygen atoms in total. The summed E-state index contributed by atoms with van der Waals surface area (Å²) in [7, 11) is 0. The molecule has 1 atom stereocenters. The first-order valence-electron chi connectivity index (χ1n) is 12.2. The van der Waals surface area contributed by atoms with Crippen molar-refractivity contribution in [1.29, 1.82) is 0 Å². The van der Waals surface area contributed by atoms with E-state index in [0.29, 0.717) is 6.04 Å². The summed E-state index contributed by atoms with van der Waals surface area (Å²) < 4.78 is 0. The zero-order valence-corrected chi connectivity index (χ0v) is 19.5. The summed E-state index contributed by atoms with van der Waals surface area (Å²) in [6.07, 6.45) is 7.32. The van der Waals surface area contributed by atoms with Crippen LogP contribution >= 0.6 is 0 Å². The van der Waals surface area contributed by atoms with Gasteiger partial charge in [0.15, 0.2) is 0 Å². The number of nitrogens with one attached hydrogen (secondary N) is 1. The van der Waals surface area contributed by atoms with E-state index in [4.69, 9.17) is 0 Å². The molecule has 3 aliphatic rings. The van der Waals surface area contributed by atoms with E-state index >= 15 is 0 Å². The summed E-state index contributed by atoms with van der Waals surface area (Å²) in [6.45, 7) is 9.73. The van der Waals surface area contributed by atoms with Crippen molar-refractivity contribution in [2.24, 2.45) is 11.3 Å². The third-order valence-electron chi connectivity index (χ3n) is 7.50. The van der Waals surface area contributed by atoms with E-state index in [0.717, 1.165) is 71.1 Å². The quantitative estimate of drug-likeness (QED) is 0.798. The van der Waals surface area contributed by atoms with Crippen LogP contribution in [0.1, 0.15) is 76.5 Å². The maximum absolute atomic E-state index is 13.0. The fourth-order valence-electron chi connectivity index (χ4n) is 5.63. The summed E-state index contributed by atoms with van der Waals surface area (Å²) in [5, 5.41) is 3.37. The largest absolute Gasteiger partial charge is 0.349 e. The van der Waals surface area contributed by atoms with Crippen molar-refractivity contribution < 1.29 is 9.59 Å². The third-order valence-corrected chi connectivity index (χ3v) is 7.50. The fourth-order valence-corrected chi connectivity index (χ4v) is 5.63. The van der Waals surface area contributed by atoms with E-state index < -0.39 is 0 Å². The van der Waals surface area contributed by atoms with Gasteiger partial charge in [0, 0.05) is 30.5 Å². The number of likely N-dealkylation sites (tertiary alicyclic amines) is 2. The van der Waals surface area contributed by atoms with Crippen LogP contribution in [0.4, 0.5) is 0 Å². The Morgan fingerprint density at radius 2 is 1.61 bits per heavy atom. The van der Waals surface area contributed by atoms with Crippen molar-refractivity contribution in [2.75, 3.05) is 26.2 Å². The number of carbonyl (C=O) groups excluding carboxylic acids is 2. The minimum Gasteiger partial charge on any atom is -0.349 e. The highest BCUT2D eigenvalue weighted by atomic mass is 16.2. The molecule has 0 radical (unpaired) electrons. The van der Waals surface area contributed by atoms with E-state index in [-0.39, 0.29) is 29.2 Å². The Morgan fingerprint density at radius 1 is 0.935 bits per heavy atom. The van der Waals surface area contributed by atoms with Crippen molar-refractivity contribution in [3.8, 4) is 0 Å². The van der Waals surface area contributed by atoms with Crippen molar-refractivity contribution >= 4 is 11.8 Å². The van der Waals surface area contributed by atoms with Crippen LogP contribution in [-0.2, 0) is 16.0 Å². The zero-order valence-electron chi connectivity index (χ0n) is 19.5. The predicted octanol–water partition coefficient (Wildman–Crippen LogP) is 3.93. The second kappa shape index (κ2) is 9.32. The number of carbonyl (C=O) groups is 2. The maximum Gasteiger partial charge on any atom is 0.227 e. The third kappa shape index (κ3) is 5.14. The Labute approximate surface area is 187 Å². The lowest BCUT2D eigenvalue weighted by Gasteiger charge is -2.42. The molecule has 31 heavy (non-hydrogen) atoms. The minimum atomic E-state index is -0.294. The summed E-state index contributed by atoms with van der Waals surface area (Å²) in [5.74, 6) is 0.644. The van der Waals surface area contributed by atoms with Gasteiger partial charge in [-0.25, -0.2) is 0 Å². The van der Waals surface area contributed by atoms with Gasteiger partial charge in [-0.05, 0) is 69.2 Å². The summed E-state index contributed by atoms with van der Waals surface area (Å²) in [4.78, 5) is 30.1. The Balaban J connectivity index is 1.24. The van der Waals surface area contributed by atoms with Gasteiger partial charge < -0.3 is 15.1 Å². The zero-order chi connectivity index (χ0) is 22.0. The standard InChI is InChI=1S/C26H39N3O2/c1-26(2,3)25(31)29-17-13-21(14-18-29)28-15-11-20(12-16-28)24(30)27-23-10-6-8-19-7-4-5-9-22(19)23/h4-5,7,9,20-21,23H,6,8,10-18H2,1-3H3,(H,27,30). The summed E-state index contributed by atoms with van der Waals surface area (Å²) in [5.41, 5.74) is 2.42. The van der Waals surface area contributed by atoms with Gasteiger partial charge in [-0.15, -0.1) is 0 Å². The molecule has 2 heterocycles. The van der Waals surface area contributed by atoms with Gasteiger partial charge >= 0.3 is 0 Å². The molecule has 1 aromatic rings. The van der Waals surface area contributed by atoms with Crippen molar-refractivity contribution in [3.05, 3.63) is 35.4 Å². The molecule has 2 amide bonds. The van der Waals surface area contributed by atoms with Crippen LogP contribution in [0.25, 0.3) is 0 Å². The number of aryl methyl sites for hydroxylation is 1. The molecule has 1 N–H and O–H groups in total. The molecule has 5 heteroatoms. The Bertz CT molecular complexity index is 784. The molecule has 1 aromatic carbocycles. The first kappa shape index (κ1) is 22.3. The van der Waals surface area contributed by atoms with E-state index in [2.05, 4.69) is 34.5 Å². The number of hydrogen-bond acceptors (Lipinski definition) is 3. The van der Waals surface area contributed by atoms with Crippen molar-refractivity contribution in [1.82, 2.24) is 15.1 Å². The highest BCUT2D eigenvalue weighted by Crippen LogP contribution is 2.31. The van der Waals surface area contributed by atoms with Gasteiger partial charge in [0.25, 0.3) is 0 Å². The van der Waals surface area contributed by atoms with E-state index in [1.807, 2.05) is 25.7 Å². The van der Waals surface area contributed by atoms with E-state index in [1.165, 1.54) is 11.1 Å². The molecule has 0 bridgehead atoms. The Kier molecular flexibility index (Phi) is 6.71. The number of nitrogens with zero attached hydrogens (tertiary/aromatic N) is 2. The highest BCUT2D eigenvalue weighted by Gasteiger charge is 2.34. The molecule has 0 saturated carbocycles. The van der Waals surface area contributed by atoms with Crippen LogP contribution in [0.15, 0.2) is 24.3 Å². The molecule has 1 unspecified atom stereocenters. The lowest BCUT2D eigenvalue weighted by molar-refractivity contribution is -0.141. The average Bonchev–Trinajstić information content (AvgIpc) is 2.78. The molecular weight excluding hydrogens is 386 g/mol. The summed E-state index contributed by atoms with van der Waals surface area (Å²) >= 11 is 0. The van der Waals surface area contributed by atoms with Crippen LogP contribution in [0, 0.1) is 11.3 Å². The number of amides is 2. The number of hydrogen-bond donors (Lipinski definition) is 1. The van der Waals surface area contributed by atoms with E-state index in [9.17, 15) is 9.59 Å². The van der Waals surface area contributed by atoms with Gasteiger partial charge in [-0.1, -0.05) is 45.0 Å². The highest BCUT2D eigenvalue weighted by molar-refractivity contribution is 5.81. The molecule has 0 aromatic heterocycles. The summed E-state index contributed by atoms with van der Waals surface area (Å²) in [6, 6.07) is 9.30. The van der Waals surface area contributed by atoms with Crippen LogP contribution < -0.4 is 5.32 Å². The van der Waals surface area contributed by atoms with Crippen LogP contribution in [0.5, 0.6) is 0 Å². The first-order valence-corrected chi connectivity index (χ1v) is 12.2. The normalized spacial score (nSPS) is 24.0. The van der Waals surface area contributed by atoms with E-state index in [1.54, 1.807) is 0 Å². The van der Waals surface area contributed by atoms with Gasteiger partial charge in [0.2, 0.25) is 11.8 Å². The number of fused-ring (bicyclic) bond motifs is 1. The number of benzene rings is 1. The Morgan fingerprint density at radius 3 is 2.29 bits per heavy atom. The topological polar surface area (TPSA) is 52.7 Å². The Hall–Kier alpha value is -1.88. The van der Waals surface area contributed by atoms with Gasteiger partial charge in [-0.2, -0.15) is 0 Å². The molecule has 2 aliphatic heterocycles. The molecule has 170 valence electrons. The molecule has 2 fully saturated rings. The lowest BCUT2D eigenvalue weighted by Crippen LogP contribution is -2.51. The second-order valence-corrected chi connectivity index (χ2v) is 10.7. The van der Waals surface area contributed by atoms with Gasteiger partial charge in [0.05, 0.1) is 6.04 Å². The van der Waals surface area contributed by atoms with Gasteiger partial charge in [-0.3, -0.25) is 9.59 Å². The number of piperidine rings is 2. The minimum absolute atomic E-state index is 0.132. The maximum atomic E-state index is 13.0. The van der Waals surface area contributed by atoms with Crippen LogP contribution in [0.3, 0.4) is 0 Å². The lowest BCUT2D eigenvalue weighted by atomic mass is 9.86. The van der Waals surface area contributed by atoms with Crippen LogP contribution in [-0.4, -0.2) is 53.8 Å². The molecule has 2 saturated heterocycles. The molecular formula is C26H39N3O2. The molecule has 4 rings (SSSR count).